The smallest absolute Gasteiger partial charge is 0.245 e. The lowest BCUT2D eigenvalue weighted by Crippen LogP contribution is -2.24. The Bertz CT molecular complexity index is 660. The number of H-pyrrole nitrogens is 1. The van der Waals surface area contributed by atoms with Crippen LogP contribution in [0.4, 0.5) is 0 Å². The first-order chi connectivity index (χ1) is 10.1. The van der Waals surface area contributed by atoms with Gasteiger partial charge in [0.2, 0.25) is 5.91 Å². The number of amides is 1. The first-order valence-corrected chi connectivity index (χ1v) is 7.15. The molecule has 0 aliphatic heterocycles. The number of nitrogens with zero attached hydrogens (tertiary/aromatic N) is 2. The quantitative estimate of drug-likeness (QED) is 0.635. The summed E-state index contributed by atoms with van der Waals surface area (Å²) < 4.78 is 2.31. The number of carbonyl (C=O) groups excluding carboxylic acids is 1. The monoisotopic (exact) mass is 306 g/mol. The fourth-order valence-electron chi connectivity index (χ4n) is 1.87. The van der Waals surface area contributed by atoms with Crippen LogP contribution in [0.5, 0.6) is 0 Å². The highest BCUT2D eigenvalue weighted by Gasteiger charge is 2.10. The molecule has 0 saturated heterocycles. The molecule has 1 heterocycles. The molecule has 0 aliphatic carbocycles. The van der Waals surface area contributed by atoms with E-state index >= 15 is 0 Å². The molecule has 2 N–H and O–H groups in total. The third-order valence-corrected chi connectivity index (χ3v) is 3.27. The summed E-state index contributed by atoms with van der Waals surface area (Å²) in [6, 6.07) is 7.99. The molecular formula is C14H18N4O2S. The van der Waals surface area contributed by atoms with Crippen molar-refractivity contribution >= 4 is 18.1 Å². The van der Waals surface area contributed by atoms with Crippen molar-refractivity contribution in [1.82, 2.24) is 20.2 Å². The van der Waals surface area contributed by atoms with Gasteiger partial charge in [0.05, 0.1) is 6.61 Å². The summed E-state index contributed by atoms with van der Waals surface area (Å²) in [5, 5.41) is 7.01. The lowest BCUT2D eigenvalue weighted by atomic mass is 10.1. The summed E-state index contributed by atoms with van der Waals surface area (Å²) in [5.74, 6) is 0.541. The number of aromatic nitrogens is 3. The summed E-state index contributed by atoms with van der Waals surface area (Å²) in [5.41, 5.74) is 4.50. The summed E-state index contributed by atoms with van der Waals surface area (Å²) in [6.07, 6.45) is 0.271. The second-order valence-corrected chi connectivity index (χ2v) is 4.96. The number of hydrogen-bond acceptors (Lipinski definition) is 4. The standard InChI is InChI=1S/C14H18N4O2S/c1-3-20-17-12(19)8-9-18-13(15-16-14(18)21)11-6-4-10(2)5-7-11/h4-7H,3,8-9H2,1-2H3,(H,16,21)(H,17,19). The van der Waals surface area contributed by atoms with Gasteiger partial charge in [0.25, 0.3) is 0 Å². The van der Waals surface area contributed by atoms with Crippen molar-refractivity contribution in [3.63, 3.8) is 0 Å². The summed E-state index contributed by atoms with van der Waals surface area (Å²) in [7, 11) is 0. The molecule has 2 rings (SSSR count). The van der Waals surface area contributed by atoms with E-state index in [9.17, 15) is 4.79 Å². The van der Waals surface area contributed by atoms with Gasteiger partial charge in [0.15, 0.2) is 10.6 Å². The molecule has 1 amide bonds. The highest BCUT2D eigenvalue weighted by Crippen LogP contribution is 2.18. The fraction of sp³-hybridized carbons (Fsp3) is 0.357. The SMILES string of the molecule is CCONC(=O)CCn1c(-c2ccc(C)cc2)n[nH]c1=S. The molecule has 0 fully saturated rings. The van der Waals surface area contributed by atoms with Gasteiger partial charge in [-0.25, -0.2) is 5.48 Å². The van der Waals surface area contributed by atoms with Crippen LogP contribution in [0, 0.1) is 11.7 Å². The maximum absolute atomic E-state index is 11.6. The molecule has 0 bridgehead atoms. The van der Waals surface area contributed by atoms with Crippen LogP contribution in [-0.2, 0) is 16.2 Å². The minimum atomic E-state index is -0.185. The average Bonchev–Trinajstić information content (AvgIpc) is 2.85. The number of benzene rings is 1. The Balaban J connectivity index is 2.13. The number of nitrogens with one attached hydrogen (secondary N) is 2. The molecule has 21 heavy (non-hydrogen) atoms. The number of carbonyl (C=O) groups is 1. The van der Waals surface area contributed by atoms with Gasteiger partial charge in [-0.1, -0.05) is 29.8 Å². The van der Waals surface area contributed by atoms with Gasteiger partial charge in [-0.05, 0) is 26.1 Å². The van der Waals surface area contributed by atoms with Crippen LogP contribution in [0.1, 0.15) is 18.9 Å². The zero-order valence-corrected chi connectivity index (χ0v) is 12.9. The molecule has 112 valence electrons. The Morgan fingerprint density at radius 1 is 1.43 bits per heavy atom. The van der Waals surface area contributed by atoms with Crippen molar-refractivity contribution in [1.29, 1.82) is 0 Å². The minimum Gasteiger partial charge on any atom is -0.300 e. The van der Waals surface area contributed by atoms with Crippen LogP contribution in [0.3, 0.4) is 0 Å². The molecule has 1 aromatic carbocycles. The van der Waals surface area contributed by atoms with Crippen molar-refractivity contribution in [2.45, 2.75) is 26.8 Å². The average molecular weight is 306 g/mol. The van der Waals surface area contributed by atoms with Gasteiger partial charge < -0.3 is 0 Å². The number of rotatable bonds is 6. The van der Waals surface area contributed by atoms with Crippen LogP contribution in [0.15, 0.2) is 24.3 Å². The molecule has 2 aromatic rings. The van der Waals surface area contributed by atoms with Crippen molar-refractivity contribution in [3.8, 4) is 11.4 Å². The number of hydrogen-bond donors (Lipinski definition) is 2. The first kappa shape index (κ1) is 15.4. The summed E-state index contributed by atoms with van der Waals surface area (Å²) in [6.45, 7) is 4.71. The number of hydroxylamine groups is 1. The van der Waals surface area contributed by atoms with Crippen LogP contribution in [-0.4, -0.2) is 27.3 Å². The second-order valence-electron chi connectivity index (χ2n) is 4.58. The van der Waals surface area contributed by atoms with Gasteiger partial charge in [-0.2, -0.15) is 5.10 Å². The van der Waals surface area contributed by atoms with Gasteiger partial charge >= 0.3 is 0 Å². The van der Waals surface area contributed by atoms with E-state index in [1.54, 1.807) is 0 Å². The number of aromatic amines is 1. The fourth-order valence-corrected chi connectivity index (χ4v) is 2.09. The van der Waals surface area contributed by atoms with Gasteiger partial charge in [0.1, 0.15) is 0 Å². The van der Waals surface area contributed by atoms with E-state index in [1.165, 1.54) is 5.56 Å². The largest absolute Gasteiger partial charge is 0.300 e. The van der Waals surface area contributed by atoms with E-state index < -0.39 is 0 Å². The normalized spacial score (nSPS) is 10.6. The van der Waals surface area contributed by atoms with E-state index in [2.05, 4.69) is 15.7 Å². The predicted octanol–water partition coefficient (Wildman–Crippen LogP) is 2.37. The maximum atomic E-state index is 11.6. The highest BCUT2D eigenvalue weighted by molar-refractivity contribution is 7.71. The Morgan fingerprint density at radius 2 is 2.14 bits per heavy atom. The van der Waals surface area contributed by atoms with E-state index in [4.69, 9.17) is 17.1 Å². The molecule has 0 aliphatic rings. The van der Waals surface area contributed by atoms with Crippen LogP contribution in [0.2, 0.25) is 0 Å². The number of aryl methyl sites for hydroxylation is 1. The third-order valence-electron chi connectivity index (χ3n) is 2.96. The molecule has 0 spiro atoms. The van der Waals surface area contributed by atoms with Gasteiger partial charge in [-0.15, -0.1) is 0 Å². The molecule has 0 atom stereocenters. The molecule has 6 nitrogen and oxygen atoms in total. The zero-order valence-electron chi connectivity index (χ0n) is 12.0. The summed E-state index contributed by atoms with van der Waals surface area (Å²) >= 11 is 5.22. The molecule has 1 aromatic heterocycles. The second kappa shape index (κ2) is 7.14. The van der Waals surface area contributed by atoms with Crippen LogP contribution in [0.25, 0.3) is 11.4 Å². The first-order valence-electron chi connectivity index (χ1n) is 6.74. The van der Waals surface area contributed by atoms with Crippen molar-refractivity contribution in [2.24, 2.45) is 0 Å². The van der Waals surface area contributed by atoms with Crippen molar-refractivity contribution in [3.05, 3.63) is 34.6 Å². The molecule has 0 radical (unpaired) electrons. The predicted molar refractivity (Wildman–Crippen MR) is 82.0 cm³/mol. The van der Waals surface area contributed by atoms with Gasteiger partial charge in [0, 0.05) is 18.5 Å². The zero-order chi connectivity index (χ0) is 15.2. The Morgan fingerprint density at radius 3 is 2.81 bits per heavy atom. The lowest BCUT2D eigenvalue weighted by Gasteiger charge is -2.07. The van der Waals surface area contributed by atoms with Crippen molar-refractivity contribution < 1.29 is 9.63 Å². The van der Waals surface area contributed by atoms with E-state index in [0.717, 1.165) is 11.4 Å². The third kappa shape index (κ3) is 3.99. The van der Waals surface area contributed by atoms with E-state index in [0.29, 0.717) is 17.9 Å². The Hall–Kier alpha value is -1.99. The Labute approximate surface area is 128 Å². The molecule has 0 unspecified atom stereocenters. The van der Waals surface area contributed by atoms with Crippen LogP contribution < -0.4 is 5.48 Å². The van der Waals surface area contributed by atoms with E-state index in [1.807, 2.05) is 42.7 Å². The molecular weight excluding hydrogens is 288 g/mol. The summed E-state index contributed by atoms with van der Waals surface area (Å²) in [4.78, 5) is 16.5. The highest BCUT2D eigenvalue weighted by atomic mass is 32.1. The lowest BCUT2D eigenvalue weighted by molar-refractivity contribution is -0.133. The van der Waals surface area contributed by atoms with Gasteiger partial charge in [-0.3, -0.25) is 19.3 Å². The maximum Gasteiger partial charge on any atom is 0.245 e. The van der Waals surface area contributed by atoms with Crippen molar-refractivity contribution in [2.75, 3.05) is 6.61 Å². The van der Waals surface area contributed by atoms with Crippen LogP contribution >= 0.6 is 12.2 Å². The topological polar surface area (TPSA) is 71.9 Å². The Kier molecular flexibility index (Phi) is 5.24. The molecule has 0 saturated carbocycles. The molecule has 7 heteroatoms. The van der Waals surface area contributed by atoms with E-state index in [-0.39, 0.29) is 12.3 Å². The minimum absolute atomic E-state index is 0.185.